The van der Waals surface area contributed by atoms with Gasteiger partial charge < -0.3 is 23.7 Å². The number of fused-ring (bicyclic) bond motifs is 3. The molecular formula is C27H28O6. The zero-order valence-corrected chi connectivity index (χ0v) is 19.7. The average molecular weight is 449 g/mol. The summed E-state index contributed by atoms with van der Waals surface area (Å²) in [5, 5.41) is 10.9. The van der Waals surface area contributed by atoms with E-state index in [1.165, 1.54) is 6.07 Å². The lowest BCUT2D eigenvalue weighted by molar-refractivity contribution is 0.158. The number of methoxy groups -OCH3 is 2. The van der Waals surface area contributed by atoms with Gasteiger partial charge in [0.05, 0.1) is 25.3 Å². The summed E-state index contributed by atoms with van der Waals surface area (Å²) in [4.78, 5) is 13.7. The van der Waals surface area contributed by atoms with Crippen molar-refractivity contribution in [3.8, 4) is 34.3 Å². The van der Waals surface area contributed by atoms with Crippen LogP contribution < -0.4 is 19.6 Å². The molecule has 2 heterocycles. The van der Waals surface area contributed by atoms with Crippen LogP contribution in [0.15, 0.2) is 51.2 Å². The molecule has 0 atom stereocenters. The van der Waals surface area contributed by atoms with E-state index in [9.17, 15) is 9.90 Å². The third-order valence-electron chi connectivity index (χ3n) is 5.63. The highest BCUT2D eigenvalue weighted by atomic mass is 16.5. The van der Waals surface area contributed by atoms with Gasteiger partial charge in [-0.05, 0) is 58.4 Å². The molecule has 0 radical (unpaired) electrons. The number of ether oxygens (including phenoxy) is 3. The van der Waals surface area contributed by atoms with Crippen molar-refractivity contribution in [2.45, 2.75) is 39.7 Å². The summed E-state index contributed by atoms with van der Waals surface area (Å²) in [6.45, 7) is 7.77. The first kappa shape index (κ1) is 22.5. The van der Waals surface area contributed by atoms with Crippen molar-refractivity contribution >= 4 is 17.0 Å². The van der Waals surface area contributed by atoms with Crippen molar-refractivity contribution in [3.05, 3.63) is 63.3 Å². The van der Waals surface area contributed by atoms with Gasteiger partial charge in [0.1, 0.15) is 39.7 Å². The quantitative estimate of drug-likeness (QED) is 0.492. The molecule has 4 rings (SSSR count). The average Bonchev–Trinajstić information content (AvgIpc) is 2.76. The topological polar surface area (TPSA) is 78.1 Å². The lowest BCUT2D eigenvalue weighted by Crippen LogP contribution is -2.27. The first-order valence-electron chi connectivity index (χ1n) is 10.7. The molecule has 0 spiro atoms. The van der Waals surface area contributed by atoms with Gasteiger partial charge in [0.15, 0.2) is 5.58 Å². The van der Waals surface area contributed by atoms with Gasteiger partial charge >= 0.3 is 0 Å². The molecule has 3 aromatic rings. The van der Waals surface area contributed by atoms with Crippen molar-refractivity contribution in [1.29, 1.82) is 0 Å². The van der Waals surface area contributed by atoms with Gasteiger partial charge in [0.25, 0.3) is 0 Å². The van der Waals surface area contributed by atoms with Crippen LogP contribution in [-0.2, 0) is 6.42 Å². The number of rotatable bonds is 5. The number of benzene rings is 2. The molecule has 0 saturated carbocycles. The molecule has 172 valence electrons. The molecule has 0 bridgehead atoms. The van der Waals surface area contributed by atoms with Crippen molar-refractivity contribution in [2.24, 2.45) is 0 Å². The van der Waals surface area contributed by atoms with Gasteiger partial charge in [0.2, 0.25) is 5.43 Å². The molecule has 0 fully saturated rings. The Morgan fingerprint density at radius 2 is 1.91 bits per heavy atom. The van der Waals surface area contributed by atoms with Gasteiger partial charge in [0, 0.05) is 17.7 Å². The van der Waals surface area contributed by atoms with Crippen LogP contribution in [0, 0.1) is 0 Å². The molecule has 0 aliphatic carbocycles. The number of hydrogen-bond donors (Lipinski definition) is 1. The zero-order valence-electron chi connectivity index (χ0n) is 19.7. The summed E-state index contributed by atoms with van der Waals surface area (Å²) >= 11 is 0. The summed E-state index contributed by atoms with van der Waals surface area (Å²) in [7, 11) is 3.13. The Balaban J connectivity index is 2.10. The largest absolute Gasteiger partial charge is 0.507 e. The SMILES string of the molecule is COc1ccc(-c2oc3c4c(cc(O)c3c(=O)c2CC=C(C)C)OC(C)(C)C=C4)c(OC)c1. The Kier molecular flexibility index (Phi) is 5.70. The fourth-order valence-electron chi connectivity index (χ4n) is 3.92. The normalized spacial score (nSPS) is 13.9. The van der Waals surface area contributed by atoms with E-state index in [-0.39, 0.29) is 22.1 Å². The highest BCUT2D eigenvalue weighted by Gasteiger charge is 2.28. The first-order chi connectivity index (χ1) is 15.6. The maximum absolute atomic E-state index is 13.7. The van der Waals surface area contributed by atoms with E-state index in [1.807, 2.05) is 45.9 Å². The minimum absolute atomic E-state index is 0.134. The van der Waals surface area contributed by atoms with Crippen LogP contribution in [0.25, 0.3) is 28.4 Å². The van der Waals surface area contributed by atoms with E-state index in [0.717, 1.165) is 5.57 Å². The maximum atomic E-state index is 13.7. The summed E-state index contributed by atoms with van der Waals surface area (Å²) in [6, 6.07) is 6.82. The van der Waals surface area contributed by atoms with Crippen molar-refractivity contribution in [1.82, 2.24) is 0 Å². The van der Waals surface area contributed by atoms with Crippen molar-refractivity contribution < 1.29 is 23.7 Å². The van der Waals surface area contributed by atoms with Crippen LogP contribution in [0.4, 0.5) is 0 Å². The number of phenols is 1. The van der Waals surface area contributed by atoms with Crippen LogP contribution >= 0.6 is 0 Å². The lowest BCUT2D eigenvalue weighted by Gasteiger charge is -2.28. The van der Waals surface area contributed by atoms with E-state index in [0.29, 0.717) is 46.1 Å². The van der Waals surface area contributed by atoms with Gasteiger partial charge in [-0.25, -0.2) is 0 Å². The minimum Gasteiger partial charge on any atom is -0.507 e. The Morgan fingerprint density at radius 3 is 2.58 bits per heavy atom. The van der Waals surface area contributed by atoms with Gasteiger partial charge in [-0.3, -0.25) is 4.79 Å². The van der Waals surface area contributed by atoms with Gasteiger partial charge in [-0.15, -0.1) is 0 Å². The number of allylic oxidation sites excluding steroid dienone is 2. The van der Waals surface area contributed by atoms with Gasteiger partial charge in [-0.2, -0.15) is 0 Å². The molecule has 6 heteroatoms. The number of aromatic hydroxyl groups is 1. The Labute approximate surface area is 192 Å². The highest BCUT2D eigenvalue weighted by Crippen LogP contribution is 2.43. The lowest BCUT2D eigenvalue weighted by atomic mass is 9.96. The third kappa shape index (κ3) is 4.09. The molecule has 0 amide bonds. The molecule has 1 aromatic heterocycles. The standard InChI is InChI=1S/C27H28O6/c1-15(2)7-9-19-24(29)23-20(28)14-22-18(11-12-27(3,4)33-22)26(23)32-25(19)17-10-8-16(30-5)13-21(17)31-6/h7-8,10-14,28H,9H2,1-6H3. The fraction of sp³-hybridized carbons (Fsp3) is 0.296. The van der Waals surface area contributed by atoms with E-state index in [2.05, 4.69) is 0 Å². The predicted octanol–water partition coefficient (Wildman–Crippen LogP) is 5.88. The smallest absolute Gasteiger partial charge is 0.200 e. The van der Waals surface area contributed by atoms with E-state index >= 15 is 0 Å². The molecule has 0 saturated heterocycles. The zero-order chi connectivity index (χ0) is 23.9. The van der Waals surface area contributed by atoms with Crippen LogP contribution in [0.2, 0.25) is 0 Å². The molecule has 0 unspecified atom stereocenters. The summed E-state index contributed by atoms with van der Waals surface area (Å²) in [6.07, 6.45) is 6.07. The van der Waals surface area contributed by atoms with Crippen molar-refractivity contribution in [2.75, 3.05) is 14.2 Å². The molecule has 2 aromatic carbocycles. The Hall–Kier alpha value is -3.67. The van der Waals surface area contributed by atoms with Crippen LogP contribution in [0.1, 0.15) is 38.8 Å². The summed E-state index contributed by atoms with van der Waals surface area (Å²) in [5.74, 6) is 1.81. The third-order valence-corrected chi connectivity index (χ3v) is 5.63. The molecule has 1 aliphatic heterocycles. The Morgan fingerprint density at radius 1 is 1.15 bits per heavy atom. The fourth-order valence-corrected chi connectivity index (χ4v) is 3.92. The van der Waals surface area contributed by atoms with Gasteiger partial charge in [-0.1, -0.05) is 11.6 Å². The van der Waals surface area contributed by atoms with Crippen LogP contribution in [0.5, 0.6) is 23.0 Å². The summed E-state index contributed by atoms with van der Waals surface area (Å²) in [5.41, 5.74) is 2.17. The second-order valence-corrected chi connectivity index (χ2v) is 8.84. The molecule has 6 nitrogen and oxygen atoms in total. The molecule has 1 N–H and O–H groups in total. The maximum Gasteiger partial charge on any atom is 0.200 e. The van der Waals surface area contributed by atoms with E-state index in [4.69, 9.17) is 18.6 Å². The number of hydrogen-bond acceptors (Lipinski definition) is 6. The van der Waals surface area contributed by atoms with E-state index < -0.39 is 5.60 Å². The Bertz CT molecular complexity index is 1350. The number of phenolic OH excluding ortho intramolecular Hbond substituents is 1. The monoisotopic (exact) mass is 448 g/mol. The second-order valence-electron chi connectivity index (χ2n) is 8.84. The van der Waals surface area contributed by atoms with E-state index in [1.54, 1.807) is 32.4 Å². The minimum atomic E-state index is -0.543. The second kappa shape index (κ2) is 8.35. The summed E-state index contributed by atoms with van der Waals surface area (Å²) < 4.78 is 23.3. The molecule has 1 aliphatic rings. The highest BCUT2D eigenvalue weighted by molar-refractivity contribution is 5.95. The van der Waals surface area contributed by atoms with Crippen molar-refractivity contribution in [3.63, 3.8) is 0 Å². The van der Waals surface area contributed by atoms with Crippen LogP contribution in [-0.4, -0.2) is 24.9 Å². The molecule has 33 heavy (non-hydrogen) atoms. The van der Waals surface area contributed by atoms with Crippen LogP contribution in [0.3, 0.4) is 0 Å². The first-order valence-corrected chi connectivity index (χ1v) is 10.7. The molecular weight excluding hydrogens is 420 g/mol. The predicted molar refractivity (Wildman–Crippen MR) is 130 cm³/mol.